The average Bonchev–Trinajstić information content (AvgIpc) is 3.14. The van der Waals surface area contributed by atoms with Crippen LogP contribution >= 0.6 is 15.9 Å². The molecule has 1 aliphatic heterocycles. The van der Waals surface area contributed by atoms with Crippen molar-refractivity contribution in [3.8, 4) is 11.5 Å². The molecule has 4 nitrogen and oxygen atoms in total. The molecular formula is C26H21BrO4. The molecule has 0 radical (unpaired) electrons. The fraction of sp³-hybridized carbons (Fsp3) is 0.115. The van der Waals surface area contributed by atoms with Gasteiger partial charge in [-0.2, -0.15) is 0 Å². The summed E-state index contributed by atoms with van der Waals surface area (Å²) in [5.74, 6) is 1.42. The predicted octanol–water partition coefficient (Wildman–Crippen LogP) is 6.33. The van der Waals surface area contributed by atoms with Crippen LogP contribution in [0.25, 0.3) is 11.8 Å². The van der Waals surface area contributed by atoms with Gasteiger partial charge in [-0.3, -0.25) is 0 Å². The quantitative estimate of drug-likeness (QED) is 0.308. The first kappa shape index (κ1) is 20.9. The van der Waals surface area contributed by atoms with E-state index < -0.39 is 0 Å². The lowest BCUT2D eigenvalue weighted by molar-refractivity contribution is -0.130. The molecule has 0 amide bonds. The molecule has 0 aromatic heterocycles. The van der Waals surface area contributed by atoms with Gasteiger partial charge in [0.05, 0.1) is 12.7 Å². The molecule has 0 bridgehead atoms. The third-order valence-electron chi connectivity index (χ3n) is 4.88. The van der Waals surface area contributed by atoms with E-state index in [-0.39, 0.29) is 5.97 Å². The molecule has 3 aromatic carbocycles. The number of carbonyl (C=O) groups is 1. The van der Waals surface area contributed by atoms with Crippen LogP contribution < -0.4 is 9.47 Å². The third kappa shape index (κ3) is 5.06. The van der Waals surface area contributed by atoms with E-state index in [0.29, 0.717) is 29.4 Å². The first-order valence-corrected chi connectivity index (χ1v) is 10.6. The smallest absolute Gasteiger partial charge is 0.343 e. The van der Waals surface area contributed by atoms with Crippen LogP contribution in [0.4, 0.5) is 0 Å². The predicted molar refractivity (Wildman–Crippen MR) is 125 cm³/mol. The first-order chi connectivity index (χ1) is 15.0. The first-order valence-electron chi connectivity index (χ1n) is 9.80. The Morgan fingerprint density at radius 2 is 1.71 bits per heavy atom. The topological polar surface area (TPSA) is 44.8 Å². The number of cyclic esters (lactones) is 1. The molecule has 0 atom stereocenters. The van der Waals surface area contributed by atoms with Crippen LogP contribution in [0.1, 0.15) is 22.3 Å². The van der Waals surface area contributed by atoms with E-state index >= 15 is 0 Å². The van der Waals surface area contributed by atoms with E-state index in [1.807, 2.05) is 73.7 Å². The van der Waals surface area contributed by atoms with Gasteiger partial charge in [0.2, 0.25) is 0 Å². The highest BCUT2D eigenvalue weighted by Crippen LogP contribution is 2.32. The second-order valence-electron chi connectivity index (χ2n) is 7.19. The van der Waals surface area contributed by atoms with Gasteiger partial charge < -0.3 is 14.2 Å². The number of hydrogen-bond acceptors (Lipinski definition) is 4. The number of hydrogen-bond donors (Lipinski definition) is 0. The highest BCUT2D eigenvalue weighted by atomic mass is 79.9. The van der Waals surface area contributed by atoms with Crippen molar-refractivity contribution in [3.63, 3.8) is 0 Å². The Kier molecular flexibility index (Phi) is 6.23. The standard InChI is InChI=1S/C26H21BrO4/c1-17-3-8-20(9-4-17)24-15-21(26(28)31-24)13-19-7-12-23(25(14-19)29-2)30-16-18-5-10-22(27)11-6-18/h3-15H,16H2,1-2H3/b21-13+. The third-order valence-corrected chi connectivity index (χ3v) is 5.41. The van der Waals surface area contributed by atoms with Crippen LogP contribution in [-0.4, -0.2) is 13.1 Å². The van der Waals surface area contributed by atoms with Crippen LogP contribution in [0.2, 0.25) is 0 Å². The van der Waals surface area contributed by atoms with Crippen molar-refractivity contribution in [1.82, 2.24) is 0 Å². The molecule has 3 aromatic rings. The van der Waals surface area contributed by atoms with Crippen molar-refractivity contribution in [2.24, 2.45) is 0 Å². The molecule has 0 unspecified atom stereocenters. The number of ether oxygens (including phenoxy) is 3. The fourth-order valence-corrected chi connectivity index (χ4v) is 3.43. The molecule has 0 aliphatic carbocycles. The van der Waals surface area contributed by atoms with Crippen molar-refractivity contribution < 1.29 is 19.0 Å². The van der Waals surface area contributed by atoms with Crippen molar-refractivity contribution in [2.45, 2.75) is 13.5 Å². The molecule has 0 fully saturated rings. The van der Waals surface area contributed by atoms with E-state index in [1.54, 1.807) is 19.3 Å². The van der Waals surface area contributed by atoms with E-state index in [2.05, 4.69) is 15.9 Å². The second-order valence-corrected chi connectivity index (χ2v) is 8.10. The summed E-state index contributed by atoms with van der Waals surface area (Å²) < 4.78 is 17.9. The molecule has 0 saturated heterocycles. The number of halogens is 1. The minimum absolute atomic E-state index is 0.370. The van der Waals surface area contributed by atoms with Gasteiger partial charge in [-0.25, -0.2) is 4.79 Å². The Hall–Kier alpha value is -3.31. The lowest BCUT2D eigenvalue weighted by Crippen LogP contribution is -1.99. The van der Waals surface area contributed by atoms with Gasteiger partial charge in [-0.1, -0.05) is 64.0 Å². The summed E-state index contributed by atoms with van der Waals surface area (Å²) in [5.41, 5.74) is 4.39. The second kappa shape index (κ2) is 9.23. The number of carbonyl (C=O) groups excluding carboxylic acids is 1. The molecule has 31 heavy (non-hydrogen) atoms. The van der Waals surface area contributed by atoms with Crippen LogP contribution in [0, 0.1) is 6.92 Å². The lowest BCUT2D eigenvalue weighted by atomic mass is 10.1. The number of rotatable bonds is 6. The maximum atomic E-state index is 12.3. The van der Waals surface area contributed by atoms with Crippen molar-refractivity contribution in [3.05, 3.63) is 105 Å². The van der Waals surface area contributed by atoms with Gasteiger partial charge in [0, 0.05) is 10.0 Å². The van der Waals surface area contributed by atoms with Crippen LogP contribution in [0.3, 0.4) is 0 Å². The van der Waals surface area contributed by atoms with Gasteiger partial charge in [0.25, 0.3) is 0 Å². The number of esters is 1. The zero-order chi connectivity index (χ0) is 21.8. The fourth-order valence-electron chi connectivity index (χ4n) is 3.16. The average molecular weight is 477 g/mol. The molecule has 0 saturated carbocycles. The Morgan fingerprint density at radius 3 is 2.42 bits per heavy atom. The molecule has 5 heteroatoms. The summed E-state index contributed by atoms with van der Waals surface area (Å²) in [6, 6.07) is 21.4. The Balaban J connectivity index is 1.52. The molecule has 4 rings (SSSR count). The van der Waals surface area contributed by atoms with Crippen molar-refractivity contribution in [1.29, 1.82) is 0 Å². The number of methoxy groups -OCH3 is 1. The van der Waals surface area contributed by atoms with Crippen LogP contribution in [0.5, 0.6) is 11.5 Å². The summed E-state index contributed by atoms with van der Waals surface area (Å²) in [4.78, 5) is 12.3. The minimum Gasteiger partial charge on any atom is -0.493 e. The monoisotopic (exact) mass is 476 g/mol. The molecule has 156 valence electrons. The van der Waals surface area contributed by atoms with Gasteiger partial charge >= 0.3 is 5.97 Å². The normalized spacial score (nSPS) is 14.4. The summed E-state index contributed by atoms with van der Waals surface area (Å²) in [5, 5.41) is 0. The zero-order valence-corrected chi connectivity index (χ0v) is 18.8. The summed E-state index contributed by atoms with van der Waals surface area (Å²) in [7, 11) is 1.60. The number of benzene rings is 3. The molecule has 0 spiro atoms. The Morgan fingerprint density at radius 1 is 0.968 bits per heavy atom. The summed E-state index contributed by atoms with van der Waals surface area (Å²) in [6.45, 7) is 2.45. The summed E-state index contributed by atoms with van der Waals surface area (Å²) in [6.07, 6.45) is 3.54. The van der Waals surface area contributed by atoms with E-state index in [1.165, 1.54) is 0 Å². The van der Waals surface area contributed by atoms with E-state index in [4.69, 9.17) is 14.2 Å². The van der Waals surface area contributed by atoms with Gasteiger partial charge in [0.15, 0.2) is 11.5 Å². The van der Waals surface area contributed by atoms with Crippen molar-refractivity contribution >= 4 is 33.7 Å². The van der Waals surface area contributed by atoms with Crippen LogP contribution in [0.15, 0.2) is 82.9 Å². The largest absolute Gasteiger partial charge is 0.493 e. The highest BCUT2D eigenvalue weighted by molar-refractivity contribution is 9.10. The summed E-state index contributed by atoms with van der Waals surface area (Å²) >= 11 is 3.43. The molecule has 1 aliphatic rings. The zero-order valence-electron chi connectivity index (χ0n) is 17.2. The highest BCUT2D eigenvalue weighted by Gasteiger charge is 2.22. The van der Waals surface area contributed by atoms with Crippen molar-refractivity contribution in [2.75, 3.05) is 7.11 Å². The van der Waals surface area contributed by atoms with Gasteiger partial charge in [0.1, 0.15) is 12.4 Å². The Bertz CT molecular complexity index is 1160. The van der Waals surface area contributed by atoms with E-state index in [0.717, 1.165) is 26.7 Å². The van der Waals surface area contributed by atoms with E-state index in [9.17, 15) is 4.79 Å². The molecular weight excluding hydrogens is 456 g/mol. The maximum Gasteiger partial charge on any atom is 0.343 e. The number of aryl methyl sites for hydroxylation is 1. The van der Waals surface area contributed by atoms with Gasteiger partial charge in [-0.15, -0.1) is 0 Å². The minimum atomic E-state index is -0.370. The molecule has 1 heterocycles. The van der Waals surface area contributed by atoms with Crippen LogP contribution in [-0.2, 0) is 16.1 Å². The SMILES string of the molecule is COc1cc(/C=C2\C=C(c3ccc(C)cc3)OC2=O)ccc1OCc1ccc(Br)cc1. The van der Waals surface area contributed by atoms with Gasteiger partial charge in [-0.05, 0) is 54.5 Å². The Labute approximate surface area is 189 Å². The maximum absolute atomic E-state index is 12.3. The molecule has 0 N–H and O–H groups in total. The lowest BCUT2D eigenvalue weighted by Gasteiger charge is -2.11.